The van der Waals surface area contributed by atoms with E-state index in [1.165, 1.54) is 57.8 Å². The summed E-state index contributed by atoms with van der Waals surface area (Å²) < 4.78 is 0. The lowest BCUT2D eigenvalue weighted by Gasteiger charge is -2.01. The van der Waals surface area contributed by atoms with Crippen molar-refractivity contribution in [3.8, 4) is 0 Å². The van der Waals surface area contributed by atoms with Gasteiger partial charge in [-0.2, -0.15) is 0 Å². The fraction of sp³-hybridized carbons (Fsp3) is 0.714. The standard InChI is InChI=1S/C14H23/c1-2-4-6-8-10-12-14-13-11-9-7-5-3-1/h1-3H,4,6-14H2/b2-1-,5-3?. The van der Waals surface area contributed by atoms with E-state index in [9.17, 15) is 0 Å². The van der Waals surface area contributed by atoms with Crippen LogP contribution < -0.4 is 0 Å². The molecule has 0 bridgehead atoms. The maximum atomic E-state index is 3.33. The Kier molecular flexibility index (Phi) is 7.47. The van der Waals surface area contributed by atoms with Crippen molar-refractivity contribution in [1.82, 2.24) is 0 Å². The lowest BCUT2D eigenvalue weighted by Crippen LogP contribution is -1.81. The maximum Gasteiger partial charge on any atom is -0.0276 e. The minimum Gasteiger partial charge on any atom is -0.0845 e. The molecule has 14 heavy (non-hydrogen) atoms. The van der Waals surface area contributed by atoms with Gasteiger partial charge in [-0.25, -0.2) is 0 Å². The van der Waals surface area contributed by atoms with Crippen molar-refractivity contribution in [1.29, 1.82) is 0 Å². The highest BCUT2D eigenvalue weighted by Crippen LogP contribution is 2.11. The molecule has 0 amide bonds. The zero-order chi connectivity index (χ0) is 9.90. The lowest BCUT2D eigenvalue weighted by atomic mass is 10.1. The SMILES string of the molecule is [C]1=C/C=C\CCCCCCCCCC/1. The van der Waals surface area contributed by atoms with Crippen molar-refractivity contribution < 1.29 is 0 Å². The minimum atomic E-state index is 1.14. The molecule has 1 rings (SSSR count). The van der Waals surface area contributed by atoms with E-state index in [4.69, 9.17) is 0 Å². The Morgan fingerprint density at radius 3 is 2.14 bits per heavy atom. The first-order chi connectivity index (χ1) is 7.00. The minimum absolute atomic E-state index is 1.14. The van der Waals surface area contributed by atoms with Crippen molar-refractivity contribution >= 4 is 0 Å². The summed E-state index contributed by atoms with van der Waals surface area (Å²) in [6.07, 6.45) is 23.5. The van der Waals surface area contributed by atoms with E-state index in [0.717, 1.165) is 6.42 Å². The van der Waals surface area contributed by atoms with Gasteiger partial charge in [0, 0.05) is 0 Å². The van der Waals surface area contributed by atoms with Gasteiger partial charge in [-0.15, -0.1) is 0 Å². The predicted molar refractivity (Wildman–Crippen MR) is 63.1 cm³/mol. The summed E-state index contributed by atoms with van der Waals surface area (Å²) in [7, 11) is 0. The maximum absolute atomic E-state index is 3.33. The molecule has 0 saturated heterocycles. The second-order valence-corrected chi connectivity index (χ2v) is 4.17. The molecular formula is C14H23. The molecule has 0 saturated carbocycles. The topological polar surface area (TPSA) is 0 Å². The lowest BCUT2D eigenvalue weighted by molar-refractivity contribution is 0.569. The molecule has 79 valence electrons. The van der Waals surface area contributed by atoms with Crippen LogP contribution in [0.5, 0.6) is 0 Å². The third-order valence-corrected chi connectivity index (χ3v) is 2.79. The van der Waals surface area contributed by atoms with Crippen molar-refractivity contribution in [2.24, 2.45) is 0 Å². The zero-order valence-corrected chi connectivity index (χ0v) is 9.30. The van der Waals surface area contributed by atoms with Crippen molar-refractivity contribution in [2.75, 3.05) is 0 Å². The monoisotopic (exact) mass is 191 g/mol. The summed E-state index contributed by atoms with van der Waals surface area (Å²) in [5.74, 6) is 0. The summed E-state index contributed by atoms with van der Waals surface area (Å²) in [6.45, 7) is 0. The summed E-state index contributed by atoms with van der Waals surface area (Å²) >= 11 is 0. The van der Waals surface area contributed by atoms with Crippen LogP contribution in [0.2, 0.25) is 0 Å². The molecule has 0 N–H and O–H groups in total. The molecule has 1 aliphatic carbocycles. The largest absolute Gasteiger partial charge is 0.0845 e. The Hall–Kier alpha value is -0.520. The van der Waals surface area contributed by atoms with E-state index >= 15 is 0 Å². The molecule has 0 atom stereocenters. The predicted octanol–water partition coefficient (Wildman–Crippen LogP) is 4.82. The molecule has 0 heterocycles. The molecule has 0 aliphatic heterocycles. The second kappa shape index (κ2) is 9.05. The Morgan fingerprint density at radius 1 is 0.714 bits per heavy atom. The van der Waals surface area contributed by atoms with Crippen molar-refractivity contribution in [3.05, 3.63) is 24.3 Å². The Balaban J connectivity index is 2.17. The van der Waals surface area contributed by atoms with E-state index in [1.54, 1.807) is 0 Å². The highest BCUT2D eigenvalue weighted by molar-refractivity contribution is 4.98. The van der Waals surface area contributed by atoms with Crippen LogP contribution in [0, 0.1) is 6.08 Å². The van der Waals surface area contributed by atoms with Crippen LogP contribution in [0.3, 0.4) is 0 Å². The second-order valence-electron chi connectivity index (χ2n) is 4.17. The first-order valence-corrected chi connectivity index (χ1v) is 6.22. The average Bonchev–Trinajstić information content (AvgIpc) is 2.22. The van der Waals surface area contributed by atoms with Crippen LogP contribution in [-0.4, -0.2) is 0 Å². The Bertz CT molecular complexity index is 145. The molecule has 0 heteroatoms. The van der Waals surface area contributed by atoms with Gasteiger partial charge in [0.15, 0.2) is 0 Å². The highest BCUT2D eigenvalue weighted by Gasteiger charge is 1.92. The van der Waals surface area contributed by atoms with Gasteiger partial charge in [-0.3, -0.25) is 0 Å². The van der Waals surface area contributed by atoms with Crippen LogP contribution >= 0.6 is 0 Å². The number of hydrogen-bond donors (Lipinski definition) is 0. The van der Waals surface area contributed by atoms with E-state index < -0.39 is 0 Å². The Morgan fingerprint density at radius 2 is 1.36 bits per heavy atom. The highest BCUT2D eigenvalue weighted by atomic mass is 14.0. The normalized spacial score (nSPS) is 26.3. The molecule has 1 aliphatic rings. The first-order valence-electron chi connectivity index (χ1n) is 6.22. The number of hydrogen-bond acceptors (Lipinski definition) is 0. The third-order valence-electron chi connectivity index (χ3n) is 2.79. The van der Waals surface area contributed by atoms with Gasteiger partial charge < -0.3 is 0 Å². The van der Waals surface area contributed by atoms with E-state index in [0.29, 0.717) is 0 Å². The molecular weight excluding hydrogens is 168 g/mol. The fourth-order valence-electron chi connectivity index (χ4n) is 1.87. The Labute approximate surface area is 89.1 Å². The molecule has 1 radical (unpaired) electrons. The van der Waals surface area contributed by atoms with Gasteiger partial charge in [0.1, 0.15) is 0 Å². The van der Waals surface area contributed by atoms with E-state index in [-0.39, 0.29) is 0 Å². The molecule has 0 aromatic carbocycles. The van der Waals surface area contributed by atoms with Crippen LogP contribution in [0.1, 0.15) is 64.2 Å². The average molecular weight is 191 g/mol. The quantitative estimate of drug-likeness (QED) is 0.515. The van der Waals surface area contributed by atoms with Gasteiger partial charge in [-0.1, -0.05) is 56.8 Å². The van der Waals surface area contributed by atoms with Gasteiger partial charge >= 0.3 is 0 Å². The third kappa shape index (κ3) is 6.94. The zero-order valence-electron chi connectivity index (χ0n) is 9.30. The van der Waals surface area contributed by atoms with Crippen LogP contribution in [0.4, 0.5) is 0 Å². The van der Waals surface area contributed by atoms with Gasteiger partial charge in [0.25, 0.3) is 0 Å². The molecule has 0 aromatic heterocycles. The molecule has 0 fully saturated rings. The number of rotatable bonds is 0. The summed E-state index contributed by atoms with van der Waals surface area (Å²) in [6, 6.07) is 0. The van der Waals surface area contributed by atoms with E-state index in [2.05, 4.69) is 24.3 Å². The molecule has 0 aromatic rings. The van der Waals surface area contributed by atoms with Crippen molar-refractivity contribution in [2.45, 2.75) is 64.2 Å². The fourth-order valence-corrected chi connectivity index (χ4v) is 1.87. The van der Waals surface area contributed by atoms with Gasteiger partial charge in [0.05, 0.1) is 0 Å². The van der Waals surface area contributed by atoms with Crippen LogP contribution in [0.15, 0.2) is 18.2 Å². The van der Waals surface area contributed by atoms with Crippen LogP contribution in [0.25, 0.3) is 0 Å². The first kappa shape index (κ1) is 11.6. The summed E-state index contributed by atoms with van der Waals surface area (Å²) in [4.78, 5) is 0. The van der Waals surface area contributed by atoms with Crippen LogP contribution in [-0.2, 0) is 0 Å². The van der Waals surface area contributed by atoms with E-state index in [1.807, 2.05) is 0 Å². The summed E-state index contributed by atoms with van der Waals surface area (Å²) in [5, 5.41) is 0. The van der Waals surface area contributed by atoms with Gasteiger partial charge in [0.2, 0.25) is 0 Å². The summed E-state index contributed by atoms with van der Waals surface area (Å²) in [5.41, 5.74) is 0. The molecule has 0 nitrogen and oxygen atoms in total. The van der Waals surface area contributed by atoms with Gasteiger partial charge in [-0.05, 0) is 31.8 Å². The molecule has 0 spiro atoms. The molecule has 0 unspecified atom stereocenters. The number of allylic oxidation sites excluding steroid dienone is 4. The smallest absolute Gasteiger partial charge is 0.0276 e. The van der Waals surface area contributed by atoms with Crippen molar-refractivity contribution in [3.63, 3.8) is 0 Å².